The van der Waals surface area contributed by atoms with Gasteiger partial charge in [0.05, 0.1) is 18.8 Å². The van der Waals surface area contributed by atoms with E-state index in [0.717, 1.165) is 25.3 Å². The Morgan fingerprint density at radius 1 is 1.39 bits per heavy atom. The van der Waals surface area contributed by atoms with Crippen molar-refractivity contribution in [3.8, 4) is 0 Å². The number of nitrogens with zero attached hydrogens (tertiary/aromatic N) is 5. The zero-order chi connectivity index (χ0) is 16.1. The first-order valence-corrected chi connectivity index (χ1v) is 7.95. The summed E-state index contributed by atoms with van der Waals surface area (Å²) in [6.45, 7) is 7.12. The second-order valence-corrected chi connectivity index (χ2v) is 5.54. The first-order chi connectivity index (χ1) is 11.3. The average Bonchev–Trinajstić information content (AvgIpc) is 3.10. The molecule has 0 aliphatic carbocycles. The summed E-state index contributed by atoms with van der Waals surface area (Å²) >= 11 is 0. The molecule has 2 atom stereocenters. The molecule has 1 aliphatic heterocycles. The Balaban J connectivity index is 1.55. The molecule has 2 aromatic rings. The third-order valence-electron chi connectivity index (χ3n) is 3.94. The maximum absolute atomic E-state index is 5.82. The van der Waals surface area contributed by atoms with Crippen LogP contribution in [0, 0.1) is 0 Å². The van der Waals surface area contributed by atoms with Crippen LogP contribution < -0.4 is 5.32 Å². The van der Waals surface area contributed by atoms with Crippen LogP contribution in [0.2, 0.25) is 0 Å². The van der Waals surface area contributed by atoms with Crippen molar-refractivity contribution in [2.24, 2.45) is 0 Å². The Labute approximate surface area is 135 Å². The second-order valence-electron chi connectivity index (χ2n) is 5.54. The van der Waals surface area contributed by atoms with Gasteiger partial charge in [-0.3, -0.25) is 4.90 Å². The lowest BCUT2D eigenvalue weighted by Crippen LogP contribution is -2.46. The quantitative estimate of drug-likeness (QED) is 0.852. The van der Waals surface area contributed by atoms with E-state index >= 15 is 0 Å². The molecule has 8 heteroatoms. The lowest BCUT2D eigenvalue weighted by molar-refractivity contribution is -0.0381. The number of hydrogen-bond acceptors (Lipinski definition) is 8. The molecular formula is C15H22N6O2. The summed E-state index contributed by atoms with van der Waals surface area (Å²) in [6, 6.07) is 3.83. The molecule has 0 spiro atoms. The molecule has 0 bridgehead atoms. The van der Waals surface area contributed by atoms with Crippen LogP contribution in [0.15, 0.2) is 22.7 Å². The highest BCUT2D eigenvalue weighted by atomic mass is 16.5. The van der Waals surface area contributed by atoms with Crippen molar-refractivity contribution in [2.75, 3.05) is 31.6 Å². The average molecular weight is 318 g/mol. The van der Waals surface area contributed by atoms with Crippen LogP contribution in [0.4, 0.5) is 5.82 Å². The minimum absolute atomic E-state index is 0.0850. The van der Waals surface area contributed by atoms with Crippen molar-refractivity contribution in [1.82, 2.24) is 25.3 Å². The van der Waals surface area contributed by atoms with Crippen LogP contribution in [0.1, 0.15) is 31.7 Å². The predicted molar refractivity (Wildman–Crippen MR) is 83.9 cm³/mol. The molecule has 1 saturated heterocycles. The van der Waals surface area contributed by atoms with Crippen LogP contribution >= 0.6 is 0 Å². The van der Waals surface area contributed by atoms with Gasteiger partial charge in [-0.1, -0.05) is 6.92 Å². The summed E-state index contributed by atoms with van der Waals surface area (Å²) in [5.74, 6) is 2.11. The molecule has 1 N–H and O–H groups in total. The highest BCUT2D eigenvalue weighted by Gasteiger charge is 2.27. The summed E-state index contributed by atoms with van der Waals surface area (Å²) in [4.78, 5) is 2.31. The number of anilines is 1. The second kappa shape index (κ2) is 7.47. The summed E-state index contributed by atoms with van der Waals surface area (Å²) in [7, 11) is 0. The van der Waals surface area contributed by atoms with Gasteiger partial charge in [-0.05, 0) is 19.1 Å². The number of nitrogens with one attached hydrogen (secondary N) is 1. The Bertz CT molecular complexity index is 605. The molecule has 124 valence electrons. The summed E-state index contributed by atoms with van der Waals surface area (Å²) in [5.41, 5.74) is 0. The van der Waals surface area contributed by atoms with Crippen LogP contribution in [0.5, 0.6) is 0 Å². The zero-order valence-corrected chi connectivity index (χ0v) is 13.5. The molecule has 3 heterocycles. The molecule has 2 unspecified atom stereocenters. The van der Waals surface area contributed by atoms with E-state index in [1.807, 2.05) is 19.1 Å². The lowest BCUT2D eigenvalue weighted by atomic mass is 10.2. The number of ether oxygens (including phenoxy) is 1. The van der Waals surface area contributed by atoms with Gasteiger partial charge in [-0.2, -0.15) is 5.10 Å². The van der Waals surface area contributed by atoms with Crippen LogP contribution in [0.25, 0.3) is 0 Å². The van der Waals surface area contributed by atoms with E-state index in [1.165, 1.54) is 0 Å². The van der Waals surface area contributed by atoms with Crippen molar-refractivity contribution in [3.05, 3.63) is 30.1 Å². The minimum atomic E-state index is 0.0850. The third kappa shape index (κ3) is 4.02. The molecule has 23 heavy (non-hydrogen) atoms. The third-order valence-corrected chi connectivity index (χ3v) is 3.94. The summed E-state index contributed by atoms with van der Waals surface area (Å²) < 4.78 is 11.5. The fraction of sp³-hybridized carbons (Fsp3) is 0.600. The zero-order valence-electron chi connectivity index (χ0n) is 13.5. The van der Waals surface area contributed by atoms with Gasteiger partial charge in [0, 0.05) is 32.3 Å². The molecule has 0 amide bonds. The highest BCUT2D eigenvalue weighted by Crippen LogP contribution is 2.21. The van der Waals surface area contributed by atoms with Crippen molar-refractivity contribution in [2.45, 2.75) is 32.4 Å². The van der Waals surface area contributed by atoms with E-state index in [9.17, 15) is 0 Å². The smallest absolute Gasteiger partial charge is 0.233 e. The van der Waals surface area contributed by atoms with E-state index in [2.05, 4.69) is 37.5 Å². The van der Waals surface area contributed by atoms with E-state index in [1.54, 1.807) is 6.20 Å². The molecule has 0 aromatic carbocycles. The maximum atomic E-state index is 5.82. The number of aromatic nitrogens is 4. The number of hydrogen-bond donors (Lipinski definition) is 1. The van der Waals surface area contributed by atoms with Crippen molar-refractivity contribution < 1.29 is 9.15 Å². The first kappa shape index (κ1) is 15.8. The first-order valence-electron chi connectivity index (χ1n) is 7.95. The standard InChI is InChI=1S/C15H22N6O2/c1-3-14-19-20-15(23-14)11(2)21-7-8-22-12(10-21)9-16-13-5-4-6-17-18-13/h4-6,11-12H,3,7-10H2,1-2H3,(H,16,18). The highest BCUT2D eigenvalue weighted by molar-refractivity contribution is 5.31. The van der Waals surface area contributed by atoms with Gasteiger partial charge >= 0.3 is 0 Å². The molecule has 3 rings (SSSR count). The van der Waals surface area contributed by atoms with Gasteiger partial charge in [-0.25, -0.2) is 0 Å². The number of morpholine rings is 1. The molecular weight excluding hydrogens is 296 g/mol. The van der Waals surface area contributed by atoms with E-state index < -0.39 is 0 Å². The van der Waals surface area contributed by atoms with E-state index in [0.29, 0.717) is 24.9 Å². The fourth-order valence-corrected chi connectivity index (χ4v) is 2.57. The molecule has 0 saturated carbocycles. The molecule has 8 nitrogen and oxygen atoms in total. The van der Waals surface area contributed by atoms with Gasteiger partial charge in [0.2, 0.25) is 11.8 Å². The topological polar surface area (TPSA) is 89.2 Å². The summed E-state index contributed by atoms with van der Waals surface area (Å²) in [5, 5.41) is 19.3. The normalized spacial score (nSPS) is 20.3. The monoisotopic (exact) mass is 318 g/mol. The molecule has 1 fully saturated rings. The Morgan fingerprint density at radius 2 is 2.30 bits per heavy atom. The lowest BCUT2D eigenvalue weighted by Gasteiger charge is -2.35. The fourth-order valence-electron chi connectivity index (χ4n) is 2.57. The predicted octanol–water partition coefficient (Wildman–Crippen LogP) is 1.30. The van der Waals surface area contributed by atoms with Crippen molar-refractivity contribution in [3.63, 3.8) is 0 Å². The van der Waals surface area contributed by atoms with Gasteiger partial charge < -0.3 is 14.5 Å². The molecule has 1 aliphatic rings. The number of aryl methyl sites for hydroxylation is 1. The Kier molecular flexibility index (Phi) is 5.14. The molecule has 0 radical (unpaired) electrons. The largest absolute Gasteiger partial charge is 0.424 e. The van der Waals surface area contributed by atoms with E-state index in [4.69, 9.17) is 9.15 Å². The van der Waals surface area contributed by atoms with Crippen LogP contribution in [-0.4, -0.2) is 57.6 Å². The SMILES string of the molecule is CCc1nnc(C(C)N2CCOC(CNc3cccnn3)C2)o1. The summed E-state index contributed by atoms with van der Waals surface area (Å²) in [6.07, 6.45) is 2.50. The van der Waals surface area contributed by atoms with Gasteiger partial charge in [0.15, 0.2) is 0 Å². The minimum Gasteiger partial charge on any atom is -0.424 e. The van der Waals surface area contributed by atoms with Crippen LogP contribution in [0.3, 0.4) is 0 Å². The molecule has 2 aromatic heterocycles. The Morgan fingerprint density at radius 3 is 3.04 bits per heavy atom. The van der Waals surface area contributed by atoms with Gasteiger partial charge in [0.25, 0.3) is 0 Å². The number of rotatable bonds is 6. The van der Waals surface area contributed by atoms with E-state index in [-0.39, 0.29) is 12.1 Å². The van der Waals surface area contributed by atoms with Crippen molar-refractivity contribution >= 4 is 5.82 Å². The van der Waals surface area contributed by atoms with Crippen molar-refractivity contribution in [1.29, 1.82) is 0 Å². The van der Waals surface area contributed by atoms with Gasteiger partial charge in [-0.15, -0.1) is 15.3 Å². The maximum Gasteiger partial charge on any atom is 0.233 e. The Hall–Kier alpha value is -2.06. The van der Waals surface area contributed by atoms with Crippen LogP contribution in [-0.2, 0) is 11.2 Å². The van der Waals surface area contributed by atoms with Gasteiger partial charge in [0.1, 0.15) is 5.82 Å².